The minimum absolute atomic E-state index is 1.11. The lowest BCUT2D eigenvalue weighted by molar-refractivity contribution is 1.23. The van der Waals surface area contributed by atoms with Crippen LogP contribution >= 0.6 is 0 Å². The zero-order valence-corrected chi connectivity index (χ0v) is 8.26. The first kappa shape index (κ1) is 8.24. The molecular formula is C12H13N. The van der Waals surface area contributed by atoms with Gasteiger partial charge in [-0.05, 0) is 49.4 Å². The number of benzene rings is 1. The maximum absolute atomic E-state index is 4.28. The van der Waals surface area contributed by atoms with E-state index in [0.717, 1.165) is 5.69 Å². The van der Waals surface area contributed by atoms with Crippen LogP contribution < -0.4 is 0 Å². The fourth-order valence-electron chi connectivity index (χ4n) is 1.59. The zero-order valence-electron chi connectivity index (χ0n) is 8.26. The van der Waals surface area contributed by atoms with Crippen molar-refractivity contribution in [1.29, 1.82) is 0 Å². The number of pyridine rings is 1. The molecule has 0 saturated heterocycles. The third kappa shape index (κ3) is 1.31. The fourth-order valence-corrected chi connectivity index (χ4v) is 1.59. The summed E-state index contributed by atoms with van der Waals surface area (Å²) in [6.45, 7) is 6.34. The lowest BCUT2D eigenvalue weighted by Gasteiger charge is -2.05. The number of fused-ring (bicyclic) bond motifs is 1. The van der Waals surface area contributed by atoms with Crippen molar-refractivity contribution in [3.8, 4) is 0 Å². The summed E-state index contributed by atoms with van der Waals surface area (Å²) in [7, 11) is 0. The van der Waals surface area contributed by atoms with Crippen molar-refractivity contribution in [3.63, 3.8) is 0 Å². The molecule has 1 heterocycles. The third-order valence-electron chi connectivity index (χ3n) is 2.58. The molecular weight excluding hydrogens is 158 g/mol. The van der Waals surface area contributed by atoms with Gasteiger partial charge in [-0.1, -0.05) is 6.07 Å². The number of hydrogen-bond acceptors (Lipinski definition) is 1. The van der Waals surface area contributed by atoms with Gasteiger partial charge in [0.1, 0.15) is 0 Å². The molecule has 0 N–H and O–H groups in total. The van der Waals surface area contributed by atoms with Gasteiger partial charge >= 0.3 is 0 Å². The molecule has 0 aliphatic heterocycles. The van der Waals surface area contributed by atoms with Crippen LogP contribution in [0.4, 0.5) is 0 Å². The van der Waals surface area contributed by atoms with Crippen LogP contribution in [0.15, 0.2) is 24.4 Å². The molecule has 0 atom stereocenters. The molecule has 1 aromatic heterocycles. The van der Waals surface area contributed by atoms with E-state index in [9.17, 15) is 0 Å². The van der Waals surface area contributed by atoms with Crippen LogP contribution in [-0.2, 0) is 0 Å². The Labute approximate surface area is 78.4 Å². The summed E-state index contributed by atoms with van der Waals surface area (Å²) in [6, 6.07) is 6.50. The van der Waals surface area contributed by atoms with Gasteiger partial charge in [0.15, 0.2) is 0 Å². The molecule has 2 rings (SSSR count). The van der Waals surface area contributed by atoms with Crippen LogP contribution in [0.1, 0.15) is 16.8 Å². The first-order valence-corrected chi connectivity index (χ1v) is 4.51. The lowest BCUT2D eigenvalue weighted by Crippen LogP contribution is -1.86. The van der Waals surface area contributed by atoms with Crippen molar-refractivity contribution in [3.05, 3.63) is 41.2 Å². The van der Waals surface area contributed by atoms with Crippen LogP contribution in [0, 0.1) is 20.8 Å². The summed E-state index contributed by atoms with van der Waals surface area (Å²) in [4.78, 5) is 4.28. The lowest BCUT2D eigenvalue weighted by atomic mass is 10.0. The van der Waals surface area contributed by atoms with Crippen molar-refractivity contribution in [1.82, 2.24) is 4.98 Å². The van der Waals surface area contributed by atoms with Crippen LogP contribution in [0.3, 0.4) is 0 Å². The van der Waals surface area contributed by atoms with E-state index in [0.29, 0.717) is 0 Å². The smallest absolute Gasteiger partial charge is 0.0451 e. The van der Waals surface area contributed by atoms with E-state index in [-0.39, 0.29) is 0 Å². The number of rotatable bonds is 0. The summed E-state index contributed by atoms with van der Waals surface area (Å²) < 4.78 is 0. The van der Waals surface area contributed by atoms with Gasteiger partial charge in [0, 0.05) is 17.3 Å². The van der Waals surface area contributed by atoms with E-state index in [4.69, 9.17) is 0 Å². The summed E-state index contributed by atoms with van der Waals surface area (Å²) in [5.41, 5.74) is 3.79. The molecule has 1 heteroatoms. The number of aromatic nitrogens is 1. The van der Waals surface area contributed by atoms with E-state index in [1.54, 1.807) is 0 Å². The summed E-state index contributed by atoms with van der Waals surface area (Å²) in [5, 5.41) is 2.56. The molecule has 0 unspecified atom stereocenters. The Morgan fingerprint density at radius 2 is 1.69 bits per heavy atom. The first-order valence-electron chi connectivity index (χ1n) is 4.51. The average molecular weight is 171 g/mol. The Hall–Kier alpha value is -1.37. The predicted octanol–water partition coefficient (Wildman–Crippen LogP) is 3.16. The maximum atomic E-state index is 4.28. The molecule has 0 saturated carbocycles. The second kappa shape index (κ2) is 2.84. The highest BCUT2D eigenvalue weighted by Crippen LogP contribution is 2.20. The molecule has 2 aromatic rings. The number of hydrogen-bond donors (Lipinski definition) is 0. The molecule has 1 nitrogen and oxygen atoms in total. The Morgan fingerprint density at radius 1 is 1.00 bits per heavy atom. The van der Waals surface area contributed by atoms with Gasteiger partial charge in [-0.25, -0.2) is 0 Å². The monoisotopic (exact) mass is 171 g/mol. The molecule has 66 valence electrons. The second-order valence-electron chi connectivity index (χ2n) is 3.55. The van der Waals surface area contributed by atoms with Gasteiger partial charge in [0.05, 0.1) is 0 Å². The van der Waals surface area contributed by atoms with Gasteiger partial charge in [0.2, 0.25) is 0 Å². The van der Waals surface area contributed by atoms with Crippen LogP contribution in [0.25, 0.3) is 10.8 Å². The molecule has 0 fully saturated rings. The molecule has 13 heavy (non-hydrogen) atoms. The normalized spacial score (nSPS) is 10.7. The van der Waals surface area contributed by atoms with Crippen molar-refractivity contribution >= 4 is 10.8 Å². The number of aryl methyl sites for hydroxylation is 3. The van der Waals surface area contributed by atoms with Crippen molar-refractivity contribution in [2.24, 2.45) is 0 Å². The average Bonchev–Trinajstić information content (AvgIpc) is 2.09. The molecule has 1 aromatic carbocycles. The van der Waals surface area contributed by atoms with Crippen molar-refractivity contribution in [2.75, 3.05) is 0 Å². The highest BCUT2D eigenvalue weighted by atomic mass is 14.7. The molecule has 0 bridgehead atoms. The summed E-state index contributed by atoms with van der Waals surface area (Å²) in [6.07, 6.45) is 1.87. The third-order valence-corrected chi connectivity index (χ3v) is 2.58. The molecule has 0 aliphatic carbocycles. The van der Waals surface area contributed by atoms with Gasteiger partial charge in [-0.3, -0.25) is 4.98 Å². The van der Waals surface area contributed by atoms with E-state index < -0.39 is 0 Å². The van der Waals surface area contributed by atoms with Gasteiger partial charge in [0.25, 0.3) is 0 Å². The van der Waals surface area contributed by atoms with Crippen molar-refractivity contribution < 1.29 is 0 Å². The largest absolute Gasteiger partial charge is 0.261 e. The van der Waals surface area contributed by atoms with E-state index in [1.807, 2.05) is 6.20 Å². The van der Waals surface area contributed by atoms with Gasteiger partial charge in [-0.2, -0.15) is 0 Å². The number of nitrogens with zero attached hydrogens (tertiary/aromatic N) is 1. The summed E-state index contributed by atoms with van der Waals surface area (Å²) >= 11 is 0. The SMILES string of the molecule is Cc1cc2ccnc(C)c2cc1C. The van der Waals surface area contributed by atoms with E-state index in [1.165, 1.54) is 21.9 Å². The topological polar surface area (TPSA) is 12.9 Å². The zero-order chi connectivity index (χ0) is 9.42. The standard InChI is InChI=1S/C12H13N/c1-8-6-11-4-5-13-10(3)12(11)7-9(8)2/h4-7H,1-3H3. The molecule has 0 radical (unpaired) electrons. The van der Waals surface area contributed by atoms with Crippen LogP contribution in [-0.4, -0.2) is 4.98 Å². The van der Waals surface area contributed by atoms with Gasteiger partial charge < -0.3 is 0 Å². The van der Waals surface area contributed by atoms with E-state index in [2.05, 4.69) is 44.0 Å². The van der Waals surface area contributed by atoms with E-state index >= 15 is 0 Å². The highest BCUT2D eigenvalue weighted by molar-refractivity contribution is 5.85. The highest BCUT2D eigenvalue weighted by Gasteiger charge is 1.99. The predicted molar refractivity (Wildman–Crippen MR) is 56.0 cm³/mol. The first-order chi connectivity index (χ1) is 6.18. The Bertz CT molecular complexity index is 458. The second-order valence-corrected chi connectivity index (χ2v) is 3.55. The maximum Gasteiger partial charge on any atom is 0.0451 e. The fraction of sp³-hybridized carbons (Fsp3) is 0.250. The molecule has 0 spiro atoms. The Morgan fingerprint density at radius 3 is 2.46 bits per heavy atom. The molecule has 0 amide bonds. The van der Waals surface area contributed by atoms with Crippen molar-refractivity contribution in [2.45, 2.75) is 20.8 Å². The Kier molecular flexibility index (Phi) is 1.80. The Balaban J connectivity index is 2.89. The minimum Gasteiger partial charge on any atom is -0.261 e. The summed E-state index contributed by atoms with van der Waals surface area (Å²) in [5.74, 6) is 0. The quantitative estimate of drug-likeness (QED) is 0.593. The van der Waals surface area contributed by atoms with Gasteiger partial charge in [-0.15, -0.1) is 0 Å². The van der Waals surface area contributed by atoms with Crippen LogP contribution in [0.5, 0.6) is 0 Å². The van der Waals surface area contributed by atoms with Crippen LogP contribution in [0.2, 0.25) is 0 Å². The minimum atomic E-state index is 1.11. The molecule has 0 aliphatic rings.